The zero-order chi connectivity index (χ0) is 7.82. The van der Waals surface area contributed by atoms with Crippen molar-refractivity contribution in [3.05, 3.63) is 35.4 Å². The topological polar surface area (TPSA) is 0 Å². The minimum atomic E-state index is 0.357. The third-order valence-corrected chi connectivity index (χ3v) is 0.930. The maximum Gasteiger partial charge on any atom is 0.552 e. The molecule has 1 aromatic carbocycles. The first-order valence-electron chi connectivity index (χ1n) is 2.54. The maximum absolute atomic E-state index is 5.52. The highest BCUT2D eigenvalue weighted by Gasteiger charge is 1.75. The molecule has 1 radical (unpaired) electrons. The standard InChI is InChI=1S/C6H4Cl.2HI.Mg/c7-6-4-2-1-3-5-6;;;/h2-5H;2*1H;/q;;;+2/p-2. The van der Waals surface area contributed by atoms with E-state index in [1.165, 1.54) is 0 Å². The van der Waals surface area contributed by atoms with Gasteiger partial charge in [-0.2, -0.15) is 0 Å². The Kier molecular flexibility index (Phi) is 10.4. The van der Waals surface area contributed by atoms with Gasteiger partial charge >= 0.3 is 12.6 Å². The highest BCUT2D eigenvalue weighted by Crippen LogP contribution is 2.03. The molecule has 0 amide bonds. The lowest BCUT2D eigenvalue weighted by Crippen LogP contribution is -1.56. The molecule has 0 unspecified atom stereocenters. The summed E-state index contributed by atoms with van der Waals surface area (Å²) in [6.45, 7) is 0. The van der Waals surface area contributed by atoms with Gasteiger partial charge in [0.15, 0.2) is 0 Å². The van der Waals surface area contributed by atoms with E-state index >= 15 is 0 Å². The van der Waals surface area contributed by atoms with Crippen LogP contribution in [-0.4, -0.2) is 12.6 Å². The number of hydrogen-bond donors (Lipinski definition) is 0. The van der Waals surface area contributed by atoms with E-state index in [9.17, 15) is 0 Å². The highest BCUT2D eigenvalue weighted by atomic mass is 127. The molecule has 1 rings (SSSR count). The molecule has 0 N–H and O–H groups in total. The molecule has 0 aliphatic heterocycles. The molecule has 10 heavy (non-hydrogen) atoms. The fraction of sp³-hybridized carbons (Fsp3) is 0. The zero-order valence-electron chi connectivity index (χ0n) is 5.15. The third kappa shape index (κ3) is 7.84. The van der Waals surface area contributed by atoms with Crippen LogP contribution in [0.5, 0.6) is 0 Å². The predicted octanol–water partition coefficient (Wildman–Crippen LogP) is 3.53. The smallest absolute Gasteiger partial charge is 0.276 e. The van der Waals surface area contributed by atoms with Crippen LogP contribution in [-0.2, 0) is 0 Å². The fourth-order valence-corrected chi connectivity index (χ4v) is 0.493. The van der Waals surface area contributed by atoms with E-state index in [-0.39, 0.29) is 0 Å². The molecule has 0 spiro atoms. The SMILES string of the molecule is Clc1cc[c]cc1.[I][Mg][I]. The van der Waals surface area contributed by atoms with E-state index in [0.29, 0.717) is 12.6 Å². The largest absolute Gasteiger partial charge is 0.552 e. The Morgan fingerprint density at radius 3 is 1.90 bits per heavy atom. The van der Waals surface area contributed by atoms with Crippen molar-refractivity contribution in [3.8, 4) is 0 Å². The molecule has 0 aliphatic rings. The molecule has 0 saturated carbocycles. The molecule has 0 bridgehead atoms. The second-order valence-electron chi connectivity index (χ2n) is 1.32. The van der Waals surface area contributed by atoms with E-state index in [0.717, 1.165) is 5.02 Å². The minimum absolute atomic E-state index is 0.357. The lowest BCUT2D eigenvalue weighted by molar-refractivity contribution is 1.69. The number of halogens is 3. The maximum atomic E-state index is 5.52. The first-order chi connectivity index (χ1) is 4.81. The van der Waals surface area contributed by atoms with Gasteiger partial charge in [0.1, 0.15) is 0 Å². The van der Waals surface area contributed by atoms with Crippen molar-refractivity contribution in [2.45, 2.75) is 0 Å². The average molecular weight is 390 g/mol. The second kappa shape index (κ2) is 8.83. The molecule has 0 nitrogen and oxygen atoms in total. The fourth-order valence-electron chi connectivity index (χ4n) is 0.367. The molecular formula is C6H4ClI2Mg. The van der Waals surface area contributed by atoms with Crippen LogP contribution in [0.4, 0.5) is 0 Å². The number of hydrogen-bond acceptors (Lipinski definition) is 0. The van der Waals surface area contributed by atoms with Crippen molar-refractivity contribution in [3.63, 3.8) is 0 Å². The van der Waals surface area contributed by atoms with Gasteiger partial charge < -0.3 is 0 Å². The normalized spacial score (nSPS) is 7.10. The average Bonchev–Trinajstić information content (AvgIpc) is 1.91. The van der Waals surface area contributed by atoms with E-state index in [4.69, 9.17) is 11.6 Å². The second-order valence-corrected chi connectivity index (χ2v) is 15.3. The Balaban J connectivity index is 0.000000236. The Bertz CT molecular complexity index is 157. The summed E-state index contributed by atoms with van der Waals surface area (Å²) in [4.78, 5) is 0. The molecule has 0 aromatic heterocycles. The molecule has 0 heterocycles. The van der Waals surface area contributed by atoms with Crippen LogP contribution in [0.25, 0.3) is 0 Å². The van der Waals surface area contributed by atoms with E-state index in [1.807, 2.05) is 0 Å². The first-order valence-corrected chi connectivity index (χ1v) is 13.1. The van der Waals surface area contributed by atoms with Crippen molar-refractivity contribution < 1.29 is 0 Å². The Labute approximate surface area is 95.6 Å². The van der Waals surface area contributed by atoms with Crippen LogP contribution in [0.2, 0.25) is 5.02 Å². The van der Waals surface area contributed by atoms with Gasteiger partial charge in [-0.15, -0.1) is 0 Å². The van der Waals surface area contributed by atoms with Crippen molar-refractivity contribution >= 4 is 61.9 Å². The van der Waals surface area contributed by atoms with Gasteiger partial charge in [0, 0.05) is 5.02 Å². The summed E-state index contributed by atoms with van der Waals surface area (Å²) in [5, 5.41) is 0.763. The van der Waals surface area contributed by atoms with Gasteiger partial charge in [-0.1, -0.05) is 23.7 Å². The first kappa shape index (κ1) is 11.7. The van der Waals surface area contributed by atoms with Gasteiger partial charge in [0.2, 0.25) is 0 Å². The molecular weight excluding hydrogens is 386 g/mol. The quantitative estimate of drug-likeness (QED) is 0.470. The predicted molar refractivity (Wildman–Crippen MR) is 64.1 cm³/mol. The van der Waals surface area contributed by atoms with Gasteiger partial charge in [-0.05, 0) is 18.2 Å². The molecule has 0 fully saturated rings. The monoisotopic (exact) mass is 389 g/mol. The summed E-state index contributed by atoms with van der Waals surface area (Å²) in [6.07, 6.45) is 0. The van der Waals surface area contributed by atoms with Crippen molar-refractivity contribution in [1.29, 1.82) is 0 Å². The van der Waals surface area contributed by atoms with Gasteiger partial charge in [-0.3, -0.25) is 37.7 Å². The lowest BCUT2D eigenvalue weighted by atomic mass is 10.4. The Morgan fingerprint density at radius 1 is 1.30 bits per heavy atom. The van der Waals surface area contributed by atoms with Crippen LogP contribution in [0.3, 0.4) is 0 Å². The molecule has 0 aliphatic carbocycles. The molecule has 0 atom stereocenters. The van der Waals surface area contributed by atoms with Gasteiger partial charge in [-0.25, -0.2) is 0 Å². The summed E-state index contributed by atoms with van der Waals surface area (Å²) >= 11 is 10.7. The Morgan fingerprint density at radius 2 is 1.70 bits per heavy atom. The summed E-state index contributed by atoms with van der Waals surface area (Å²) in [6, 6.07) is 10.00. The number of benzene rings is 1. The molecule has 0 saturated heterocycles. The van der Waals surface area contributed by atoms with Crippen LogP contribution >= 0.6 is 49.3 Å². The summed E-state index contributed by atoms with van der Waals surface area (Å²) in [5.41, 5.74) is 0. The van der Waals surface area contributed by atoms with E-state index < -0.39 is 0 Å². The van der Waals surface area contributed by atoms with Crippen molar-refractivity contribution in [2.24, 2.45) is 0 Å². The van der Waals surface area contributed by atoms with Crippen LogP contribution in [0, 0.1) is 6.07 Å². The summed E-state index contributed by atoms with van der Waals surface area (Å²) in [5.74, 6) is 0. The summed E-state index contributed by atoms with van der Waals surface area (Å²) < 4.78 is 0. The van der Waals surface area contributed by atoms with E-state index in [1.54, 1.807) is 24.3 Å². The van der Waals surface area contributed by atoms with Crippen LogP contribution in [0.15, 0.2) is 24.3 Å². The van der Waals surface area contributed by atoms with Gasteiger partial charge in [0.25, 0.3) is 0 Å². The van der Waals surface area contributed by atoms with Gasteiger partial charge in [0.05, 0.1) is 0 Å². The summed E-state index contributed by atoms with van der Waals surface area (Å²) in [7, 11) is 0. The number of rotatable bonds is 0. The van der Waals surface area contributed by atoms with Crippen LogP contribution in [0.1, 0.15) is 0 Å². The third-order valence-electron chi connectivity index (χ3n) is 0.678. The minimum Gasteiger partial charge on any atom is -0.276 e. The van der Waals surface area contributed by atoms with Crippen molar-refractivity contribution in [1.82, 2.24) is 0 Å². The van der Waals surface area contributed by atoms with Crippen LogP contribution < -0.4 is 0 Å². The molecule has 1 aromatic rings. The zero-order valence-corrected chi connectivity index (χ0v) is 11.6. The van der Waals surface area contributed by atoms with Crippen molar-refractivity contribution in [2.75, 3.05) is 0 Å². The molecule has 4 heteroatoms. The molecule has 51 valence electrons. The Hall–Kier alpha value is 1.74. The lowest BCUT2D eigenvalue weighted by Gasteiger charge is -1.79. The highest BCUT2D eigenvalue weighted by molar-refractivity contribution is 14.3. The van der Waals surface area contributed by atoms with E-state index in [2.05, 4.69) is 43.8 Å².